The average molecular weight is 341 g/mol. The molecule has 0 heterocycles. The number of rotatable bonds is 11. The van der Waals surface area contributed by atoms with Gasteiger partial charge < -0.3 is 4.74 Å². The number of Topliss-reactive ketones (excluding diaryl/α,β-unsaturated/α-hetero) is 2. The Morgan fingerprint density at radius 1 is 0.917 bits per heavy atom. The normalized spacial score (nSPS) is 13.5. The van der Waals surface area contributed by atoms with Crippen LogP contribution in [0.3, 0.4) is 0 Å². The average Bonchev–Trinajstić information content (AvgIpc) is 2.42. The summed E-state index contributed by atoms with van der Waals surface area (Å²) in [6.07, 6.45) is 4.07. The lowest BCUT2D eigenvalue weighted by atomic mass is 9.77. The molecule has 0 rings (SSSR count). The van der Waals surface area contributed by atoms with E-state index in [1.54, 1.807) is 0 Å². The van der Waals surface area contributed by atoms with Crippen molar-refractivity contribution in [2.24, 2.45) is 16.7 Å². The molecule has 4 heteroatoms. The van der Waals surface area contributed by atoms with Gasteiger partial charge in [0.1, 0.15) is 11.6 Å². The molecule has 1 unspecified atom stereocenters. The molecule has 0 aliphatic carbocycles. The predicted octanol–water partition coefficient (Wildman–Crippen LogP) is 4.74. The highest BCUT2D eigenvalue weighted by Crippen LogP contribution is 2.29. The third-order valence-electron chi connectivity index (χ3n) is 4.56. The Bertz CT molecular complexity index is 429. The highest BCUT2D eigenvalue weighted by atomic mass is 16.5. The second-order valence-corrected chi connectivity index (χ2v) is 8.76. The minimum absolute atomic E-state index is 0.134. The van der Waals surface area contributed by atoms with Gasteiger partial charge in [0.25, 0.3) is 0 Å². The van der Waals surface area contributed by atoms with Crippen molar-refractivity contribution >= 4 is 17.5 Å². The Labute approximate surface area is 147 Å². The highest BCUT2D eigenvalue weighted by Gasteiger charge is 2.32. The monoisotopic (exact) mass is 340 g/mol. The summed E-state index contributed by atoms with van der Waals surface area (Å²) in [6.45, 7) is 13.9. The van der Waals surface area contributed by atoms with Gasteiger partial charge >= 0.3 is 5.97 Å². The maximum atomic E-state index is 12.3. The standard InChI is InChI=1S/C20H36O4/c1-15(20(6,7)14-24-16(2)21)18(23)12-8-10-17(22)11-9-13-19(3,4)5/h15H,8-14H2,1-7H3. The minimum Gasteiger partial charge on any atom is -0.465 e. The Kier molecular flexibility index (Phi) is 9.46. The Balaban J connectivity index is 4.11. The third kappa shape index (κ3) is 10.6. The lowest BCUT2D eigenvalue weighted by Gasteiger charge is -2.30. The van der Waals surface area contributed by atoms with Crippen molar-refractivity contribution in [3.05, 3.63) is 0 Å². The topological polar surface area (TPSA) is 60.4 Å². The number of ketones is 2. The first-order valence-corrected chi connectivity index (χ1v) is 9.03. The molecule has 0 aromatic rings. The SMILES string of the molecule is CC(=O)OCC(C)(C)C(C)C(=O)CCCC(=O)CCCC(C)(C)C. The van der Waals surface area contributed by atoms with Gasteiger partial charge in [0, 0.05) is 37.5 Å². The molecule has 0 bridgehead atoms. The van der Waals surface area contributed by atoms with E-state index < -0.39 is 0 Å². The van der Waals surface area contributed by atoms with E-state index in [-0.39, 0.29) is 40.9 Å². The largest absolute Gasteiger partial charge is 0.465 e. The van der Waals surface area contributed by atoms with Crippen molar-refractivity contribution in [1.29, 1.82) is 0 Å². The molecular weight excluding hydrogens is 304 g/mol. The molecule has 1 atom stereocenters. The summed E-state index contributed by atoms with van der Waals surface area (Å²) in [5.74, 6) is -0.148. The molecule has 0 amide bonds. The van der Waals surface area contributed by atoms with Crippen molar-refractivity contribution in [2.75, 3.05) is 6.61 Å². The smallest absolute Gasteiger partial charge is 0.302 e. The van der Waals surface area contributed by atoms with Crippen LogP contribution >= 0.6 is 0 Å². The number of carbonyl (C=O) groups is 3. The third-order valence-corrected chi connectivity index (χ3v) is 4.56. The van der Waals surface area contributed by atoms with Gasteiger partial charge in [-0.3, -0.25) is 14.4 Å². The fourth-order valence-corrected chi connectivity index (χ4v) is 2.47. The van der Waals surface area contributed by atoms with Crippen molar-refractivity contribution in [1.82, 2.24) is 0 Å². The summed E-state index contributed by atoms with van der Waals surface area (Å²) < 4.78 is 5.05. The Morgan fingerprint density at radius 2 is 1.46 bits per heavy atom. The predicted molar refractivity (Wildman–Crippen MR) is 96.7 cm³/mol. The van der Waals surface area contributed by atoms with Gasteiger partial charge in [-0.2, -0.15) is 0 Å². The lowest BCUT2D eigenvalue weighted by molar-refractivity contribution is -0.147. The fourth-order valence-electron chi connectivity index (χ4n) is 2.47. The molecule has 0 aromatic carbocycles. The molecular formula is C20H36O4. The summed E-state index contributed by atoms with van der Waals surface area (Å²) in [5.41, 5.74) is -0.126. The van der Waals surface area contributed by atoms with Crippen molar-refractivity contribution in [3.63, 3.8) is 0 Å². The zero-order valence-electron chi connectivity index (χ0n) is 16.7. The summed E-state index contributed by atoms with van der Waals surface area (Å²) >= 11 is 0. The van der Waals surface area contributed by atoms with Crippen LogP contribution in [-0.4, -0.2) is 24.1 Å². The molecule has 0 aromatic heterocycles. The fraction of sp³-hybridized carbons (Fsp3) is 0.850. The van der Waals surface area contributed by atoms with E-state index in [1.165, 1.54) is 6.92 Å². The van der Waals surface area contributed by atoms with E-state index in [2.05, 4.69) is 20.8 Å². The molecule has 0 radical (unpaired) electrons. The van der Waals surface area contributed by atoms with Crippen molar-refractivity contribution in [2.45, 2.75) is 87.0 Å². The zero-order valence-corrected chi connectivity index (χ0v) is 16.7. The van der Waals surface area contributed by atoms with Gasteiger partial charge in [-0.1, -0.05) is 41.5 Å². The van der Waals surface area contributed by atoms with Gasteiger partial charge in [-0.25, -0.2) is 0 Å². The number of hydrogen-bond donors (Lipinski definition) is 0. The quantitative estimate of drug-likeness (QED) is 0.510. The van der Waals surface area contributed by atoms with Crippen molar-refractivity contribution in [3.8, 4) is 0 Å². The van der Waals surface area contributed by atoms with E-state index in [0.29, 0.717) is 25.7 Å². The van der Waals surface area contributed by atoms with Crippen LogP contribution in [-0.2, 0) is 19.1 Å². The van der Waals surface area contributed by atoms with E-state index in [1.807, 2.05) is 20.8 Å². The summed E-state index contributed by atoms with van der Waals surface area (Å²) in [6, 6.07) is 0. The minimum atomic E-state index is -0.389. The van der Waals surface area contributed by atoms with Crippen LogP contribution in [0.15, 0.2) is 0 Å². The van der Waals surface area contributed by atoms with Gasteiger partial charge in [-0.15, -0.1) is 0 Å². The molecule has 0 fully saturated rings. The maximum Gasteiger partial charge on any atom is 0.302 e. The summed E-state index contributed by atoms with van der Waals surface area (Å²) in [4.78, 5) is 35.1. The van der Waals surface area contributed by atoms with Crippen molar-refractivity contribution < 1.29 is 19.1 Å². The van der Waals surface area contributed by atoms with E-state index in [9.17, 15) is 14.4 Å². The van der Waals surface area contributed by atoms with E-state index >= 15 is 0 Å². The second kappa shape index (κ2) is 9.95. The maximum absolute atomic E-state index is 12.3. The molecule has 24 heavy (non-hydrogen) atoms. The molecule has 140 valence electrons. The van der Waals surface area contributed by atoms with E-state index in [0.717, 1.165) is 12.8 Å². The first-order chi connectivity index (χ1) is 10.8. The molecule has 0 N–H and O–H groups in total. The number of ether oxygens (including phenoxy) is 1. The van der Waals surface area contributed by atoms with Crippen LogP contribution in [0.25, 0.3) is 0 Å². The first-order valence-electron chi connectivity index (χ1n) is 9.03. The molecule has 4 nitrogen and oxygen atoms in total. The number of carbonyl (C=O) groups excluding carboxylic acids is 3. The highest BCUT2D eigenvalue weighted by molar-refractivity contribution is 5.83. The van der Waals surface area contributed by atoms with E-state index in [4.69, 9.17) is 4.74 Å². The van der Waals surface area contributed by atoms with Crippen LogP contribution in [0.4, 0.5) is 0 Å². The van der Waals surface area contributed by atoms with Crippen LogP contribution in [0.2, 0.25) is 0 Å². The molecule has 0 saturated heterocycles. The van der Waals surface area contributed by atoms with Crippen LogP contribution < -0.4 is 0 Å². The Morgan fingerprint density at radius 3 is 1.96 bits per heavy atom. The molecule has 0 saturated carbocycles. The summed E-state index contributed by atoms with van der Waals surface area (Å²) in [5, 5.41) is 0. The number of esters is 1. The van der Waals surface area contributed by atoms with Gasteiger partial charge in [0.15, 0.2) is 0 Å². The molecule has 0 spiro atoms. The van der Waals surface area contributed by atoms with Gasteiger partial charge in [-0.05, 0) is 24.7 Å². The summed E-state index contributed by atoms with van der Waals surface area (Å²) in [7, 11) is 0. The number of hydrogen-bond acceptors (Lipinski definition) is 4. The zero-order chi connectivity index (χ0) is 19.0. The van der Waals surface area contributed by atoms with Crippen LogP contribution in [0.1, 0.15) is 87.0 Å². The lowest BCUT2D eigenvalue weighted by Crippen LogP contribution is -2.33. The van der Waals surface area contributed by atoms with Gasteiger partial charge in [0.2, 0.25) is 0 Å². The molecule has 0 aliphatic heterocycles. The molecule has 0 aliphatic rings. The first kappa shape index (κ1) is 22.8. The Hall–Kier alpha value is -1.19. The van der Waals surface area contributed by atoms with Gasteiger partial charge in [0.05, 0.1) is 6.61 Å². The van der Waals surface area contributed by atoms with Crippen LogP contribution in [0, 0.1) is 16.7 Å². The second-order valence-electron chi connectivity index (χ2n) is 8.76. The van der Waals surface area contributed by atoms with Crippen LogP contribution in [0.5, 0.6) is 0 Å².